The average molecular weight is 460 g/mol. The van der Waals surface area contributed by atoms with Crippen molar-refractivity contribution in [2.24, 2.45) is 11.8 Å². The number of hydrogen-bond donors (Lipinski definition) is 0. The van der Waals surface area contributed by atoms with E-state index in [0.29, 0.717) is 43.1 Å². The molecule has 8 nitrogen and oxygen atoms in total. The number of piperidine rings is 1. The fraction of sp³-hybridized carbons (Fsp3) is 0.522. The zero-order valence-electron chi connectivity index (χ0n) is 18.4. The van der Waals surface area contributed by atoms with Crippen LogP contribution in [0, 0.1) is 11.8 Å². The Balaban J connectivity index is 1.23. The van der Waals surface area contributed by atoms with Crippen molar-refractivity contribution in [1.82, 2.24) is 14.9 Å². The molecule has 1 saturated carbocycles. The molecule has 172 valence electrons. The Hall–Kier alpha value is -2.68. The average Bonchev–Trinajstić information content (AvgIpc) is 3.63. The molecule has 1 aromatic heterocycles. The zero-order chi connectivity index (χ0) is 22.7. The maximum Gasteiger partial charge on any atom is 0.410 e. The van der Waals surface area contributed by atoms with Gasteiger partial charge in [0.1, 0.15) is 6.10 Å². The van der Waals surface area contributed by atoms with Crippen LogP contribution in [0.3, 0.4) is 0 Å². The third kappa shape index (κ3) is 5.76. The van der Waals surface area contributed by atoms with Gasteiger partial charge in [-0.25, -0.2) is 23.2 Å². The van der Waals surface area contributed by atoms with Crippen LogP contribution in [0.15, 0.2) is 41.6 Å². The van der Waals surface area contributed by atoms with Crippen molar-refractivity contribution < 1.29 is 22.7 Å². The first kappa shape index (κ1) is 22.5. The minimum absolute atomic E-state index is 0.0164. The van der Waals surface area contributed by atoms with Gasteiger partial charge in [0.15, 0.2) is 9.84 Å². The van der Waals surface area contributed by atoms with E-state index in [1.54, 1.807) is 41.6 Å². The number of benzene rings is 1. The van der Waals surface area contributed by atoms with E-state index in [2.05, 4.69) is 9.97 Å². The second-order valence-corrected chi connectivity index (χ2v) is 10.7. The van der Waals surface area contributed by atoms with Crippen LogP contribution < -0.4 is 4.74 Å². The first-order chi connectivity index (χ1) is 15.3. The van der Waals surface area contributed by atoms with Crippen LogP contribution in [0.5, 0.6) is 5.88 Å². The van der Waals surface area contributed by atoms with Gasteiger partial charge < -0.3 is 14.4 Å². The third-order valence-corrected chi connectivity index (χ3v) is 7.25. The number of likely N-dealkylation sites (tertiary alicyclic amines) is 1. The lowest BCUT2D eigenvalue weighted by Gasteiger charge is -2.31. The Morgan fingerprint density at radius 2 is 1.78 bits per heavy atom. The number of hydrogen-bond acceptors (Lipinski definition) is 7. The van der Waals surface area contributed by atoms with Crippen molar-refractivity contribution in [2.75, 3.05) is 26.0 Å². The Morgan fingerprint density at radius 3 is 2.34 bits per heavy atom. The number of carbonyl (C=O) groups excluding carboxylic acids is 1. The first-order valence-corrected chi connectivity index (χ1v) is 12.9. The molecule has 1 unspecified atom stereocenters. The molecule has 1 aliphatic carbocycles. The van der Waals surface area contributed by atoms with Gasteiger partial charge in [0, 0.05) is 24.9 Å². The number of nitrogens with zero attached hydrogens (tertiary/aromatic N) is 3. The van der Waals surface area contributed by atoms with Gasteiger partial charge in [-0.3, -0.25) is 0 Å². The van der Waals surface area contributed by atoms with Crippen LogP contribution in [0.25, 0.3) is 11.3 Å². The molecule has 4 rings (SSSR count). The van der Waals surface area contributed by atoms with E-state index in [1.807, 2.05) is 6.92 Å². The predicted octanol–water partition coefficient (Wildman–Crippen LogP) is 3.57. The van der Waals surface area contributed by atoms with Gasteiger partial charge in [-0.2, -0.15) is 0 Å². The Morgan fingerprint density at radius 1 is 1.09 bits per heavy atom. The highest BCUT2D eigenvalue weighted by Gasteiger charge is 2.32. The number of sulfone groups is 1. The molecule has 32 heavy (non-hydrogen) atoms. The quantitative estimate of drug-likeness (QED) is 0.624. The lowest BCUT2D eigenvalue weighted by Crippen LogP contribution is -2.41. The molecule has 1 amide bonds. The normalized spacial score (nSPS) is 18.2. The van der Waals surface area contributed by atoms with E-state index < -0.39 is 9.84 Å². The van der Waals surface area contributed by atoms with Crippen molar-refractivity contribution >= 4 is 15.9 Å². The molecule has 9 heteroatoms. The summed E-state index contributed by atoms with van der Waals surface area (Å²) < 4.78 is 34.5. The second-order valence-electron chi connectivity index (χ2n) is 8.70. The van der Waals surface area contributed by atoms with Gasteiger partial charge in [-0.15, -0.1) is 0 Å². The smallest absolute Gasteiger partial charge is 0.410 e. The topological polar surface area (TPSA) is 98.7 Å². The minimum Gasteiger partial charge on any atom is -0.476 e. The molecule has 2 heterocycles. The maximum atomic E-state index is 12.3. The highest BCUT2D eigenvalue weighted by Crippen LogP contribution is 2.34. The van der Waals surface area contributed by atoms with Crippen LogP contribution in [0.2, 0.25) is 0 Å². The molecule has 2 fully saturated rings. The number of carbonyl (C=O) groups is 1. The van der Waals surface area contributed by atoms with Crippen molar-refractivity contribution in [3.8, 4) is 17.1 Å². The van der Waals surface area contributed by atoms with E-state index >= 15 is 0 Å². The lowest BCUT2D eigenvalue weighted by molar-refractivity contribution is 0.0478. The highest BCUT2D eigenvalue weighted by molar-refractivity contribution is 7.90. The Labute approximate surface area is 188 Å². The second kappa shape index (κ2) is 9.44. The third-order valence-electron chi connectivity index (χ3n) is 6.12. The van der Waals surface area contributed by atoms with Gasteiger partial charge in [0.2, 0.25) is 5.88 Å². The summed E-state index contributed by atoms with van der Waals surface area (Å²) in [5.74, 6) is 1.34. The van der Waals surface area contributed by atoms with Crippen molar-refractivity contribution in [1.29, 1.82) is 0 Å². The molecule has 0 radical (unpaired) electrons. The molecule has 0 spiro atoms. The number of rotatable bonds is 7. The molecule has 2 aliphatic rings. The fourth-order valence-electron chi connectivity index (χ4n) is 3.79. The summed E-state index contributed by atoms with van der Waals surface area (Å²) in [6.07, 6.45) is 8.24. The van der Waals surface area contributed by atoms with E-state index in [-0.39, 0.29) is 17.1 Å². The Kier molecular flexibility index (Phi) is 6.64. The summed E-state index contributed by atoms with van der Waals surface area (Å²) in [6.45, 7) is 3.86. The standard InChI is InChI=1S/C23H29N3O5S/c1-16(18-3-4-18)31-23(27)26-11-9-17(10-12-26)15-30-22-14-24-21(13-25-22)19-5-7-20(8-6-19)32(2,28)29/h5-8,13-14,16-18H,3-4,9-12,15H2,1-2H3. The van der Waals surface area contributed by atoms with E-state index in [9.17, 15) is 13.2 Å². The molecular weight excluding hydrogens is 430 g/mol. The fourth-order valence-corrected chi connectivity index (χ4v) is 4.42. The molecule has 1 aliphatic heterocycles. The van der Waals surface area contributed by atoms with E-state index in [1.165, 1.54) is 6.26 Å². The highest BCUT2D eigenvalue weighted by atomic mass is 32.2. The molecule has 0 bridgehead atoms. The van der Waals surface area contributed by atoms with Crippen LogP contribution in [-0.4, -0.2) is 61.4 Å². The van der Waals surface area contributed by atoms with Gasteiger partial charge >= 0.3 is 6.09 Å². The summed E-state index contributed by atoms with van der Waals surface area (Å²) in [7, 11) is -3.23. The van der Waals surface area contributed by atoms with Gasteiger partial charge in [0.25, 0.3) is 0 Å². The number of aromatic nitrogens is 2. The zero-order valence-corrected chi connectivity index (χ0v) is 19.3. The van der Waals surface area contributed by atoms with Crippen molar-refractivity contribution in [3.05, 3.63) is 36.7 Å². The summed E-state index contributed by atoms with van der Waals surface area (Å²) >= 11 is 0. The summed E-state index contributed by atoms with van der Waals surface area (Å²) in [6, 6.07) is 6.55. The molecule has 0 N–H and O–H groups in total. The molecule has 1 saturated heterocycles. The van der Waals surface area contributed by atoms with Crippen LogP contribution in [0.4, 0.5) is 4.79 Å². The Bertz CT molecular complexity index is 1030. The molecule has 1 aromatic carbocycles. The van der Waals surface area contributed by atoms with E-state index in [4.69, 9.17) is 9.47 Å². The lowest BCUT2D eigenvalue weighted by atomic mass is 9.98. The number of amides is 1. The van der Waals surface area contributed by atoms with Crippen molar-refractivity contribution in [2.45, 2.75) is 43.6 Å². The van der Waals surface area contributed by atoms with Crippen LogP contribution in [0.1, 0.15) is 32.6 Å². The maximum absolute atomic E-state index is 12.3. The van der Waals surface area contributed by atoms with Crippen LogP contribution >= 0.6 is 0 Å². The first-order valence-electron chi connectivity index (χ1n) is 11.0. The SMILES string of the molecule is CC(OC(=O)N1CCC(COc2cnc(-c3ccc(S(C)(=O)=O)cc3)cn2)CC1)C1CC1. The summed E-state index contributed by atoms with van der Waals surface area (Å²) in [4.78, 5) is 23.0. The summed E-state index contributed by atoms with van der Waals surface area (Å²) in [5, 5.41) is 0. The van der Waals surface area contributed by atoms with E-state index in [0.717, 1.165) is 31.2 Å². The largest absolute Gasteiger partial charge is 0.476 e. The molecular formula is C23H29N3O5S. The van der Waals surface area contributed by atoms with Gasteiger partial charge in [-0.1, -0.05) is 12.1 Å². The minimum atomic E-state index is -3.23. The monoisotopic (exact) mass is 459 g/mol. The predicted molar refractivity (Wildman–Crippen MR) is 119 cm³/mol. The van der Waals surface area contributed by atoms with Gasteiger partial charge in [-0.05, 0) is 56.6 Å². The summed E-state index contributed by atoms with van der Waals surface area (Å²) in [5.41, 5.74) is 1.43. The van der Waals surface area contributed by atoms with Crippen LogP contribution in [-0.2, 0) is 14.6 Å². The molecule has 1 atom stereocenters. The van der Waals surface area contributed by atoms with Gasteiger partial charge in [0.05, 0.1) is 29.6 Å². The number of ether oxygens (including phenoxy) is 2. The van der Waals surface area contributed by atoms with Crippen molar-refractivity contribution in [3.63, 3.8) is 0 Å². The molecule has 2 aromatic rings.